The third-order valence-corrected chi connectivity index (χ3v) is 5.09. The van der Waals surface area contributed by atoms with E-state index >= 15 is 0 Å². The minimum Gasteiger partial charge on any atom is -0.449 e. The zero-order valence-corrected chi connectivity index (χ0v) is 15.6. The van der Waals surface area contributed by atoms with E-state index in [9.17, 15) is 0 Å². The number of nitrogens with one attached hydrogen (secondary N) is 1. The summed E-state index contributed by atoms with van der Waals surface area (Å²) in [6.07, 6.45) is 3.69. The SMILES string of the molecule is Cc1nc(-c2nc(NCCCc3ccccc3)c3cc(C)sc3n2)co1. The molecule has 6 heteroatoms. The first-order valence-corrected chi connectivity index (χ1v) is 9.49. The summed E-state index contributed by atoms with van der Waals surface area (Å²) >= 11 is 1.67. The van der Waals surface area contributed by atoms with Gasteiger partial charge in [-0.25, -0.2) is 15.0 Å². The summed E-state index contributed by atoms with van der Waals surface area (Å²) in [7, 11) is 0. The first-order chi connectivity index (χ1) is 12.7. The van der Waals surface area contributed by atoms with Crippen LogP contribution in [0.25, 0.3) is 21.7 Å². The molecule has 26 heavy (non-hydrogen) atoms. The number of fused-ring (bicyclic) bond motifs is 1. The summed E-state index contributed by atoms with van der Waals surface area (Å²) in [5, 5.41) is 4.55. The van der Waals surface area contributed by atoms with Gasteiger partial charge in [0.2, 0.25) is 0 Å². The van der Waals surface area contributed by atoms with E-state index in [-0.39, 0.29) is 0 Å². The van der Waals surface area contributed by atoms with Crippen molar-refractivity contribution in [3.05, 3.63) is 59.0 Å². The Morgan fingerprint density at radius 2 is 1.92 bits per heavy atom. The Balaban J connectivity index is 1.55. The van der Waals surface area contributed by atoms with E-state index in [1.165, 1.54) is 10.4 Å². The van der Waals surface area contributed by atoms with E-state index in [1.807, 2.05) is 13.0 Å². The Kier molecular flexibility index (Phi) is 4.67. The van der Waals surface area contributed by atoms with Crippen LogP contribution < -0.4 is 5.32 Å². The zero-order valence-electron chi connectivity index (χ0n) is 14.8. The average Bonchev–Trinajstić information content (AvgIpc) is 3.24. The Hall–Kier alpha value is -2.73. The predicted octanol–water partition coefficient (Wildman–Crippen LogP) is 5.01. The van der Waals surface area contributed by atoms with Crippen LogP contribution in [-0.2, 0) is 6.42 Å². The van der Waals surface area contributed by atoms with Crippen LogP contribution >= 0.6 is 11.3 Å². The topological polar surface area (TPSA) is 63.8 Å². The molecule has 0 atom stereocenters. The fraction of sp³-hybridized carbons (Fsp3) is 0.250. The van der Waals surface area contributed by atoms with Crippen molar-refractivity contribution in [2.24, 2.45) is 0 Å². The van der Waals surface area contributed by atoms with Gasteiger partial charge in [0.25, 0.3) is 0 Å². The molecule has 4 rings (SSSR count). The molecular weight excluding hydrogens is 344 g/mol. The zero-order chi connectivity index (χ0) is 17.9. The number of oxazole rings is 1. The molecule has 0 fully saturated rings. The van der Waals surface area contributed by atoms with E-state index in [2.05, 4.69) is 52.5 Å². The Morgan fingerprint density at radius 1 is 1.08 bits per heavy atom. The summed E-state index contributed by atoms with van der Waals surface area (Å²) in [4.78, 5) is 15.9. The van der Waals surface area contributed by atoms with Gasteiger partial charge in [0.15, 0.2) is 11.7 Å². The standard InChI is InChI=1S/C20H20N4OS/c1-13-11-16-18(21-10-6-9-15-7-4-3-5-8-15)23-19(24-20(16)26-13)17-12-25-14(2)22-17/h3-5,7-8,11-12H,6,9-10H2,1-2H3,(H,21,23,24). The smallest absolute Gasteiger partial charge is 0.191 e. The number of anilines is 1. The van der Waals surface area contributed by atoms with Gasteiger partial charge >= 0.3 is 0 Å². The van der Waals surface area contributed by atoms with Crippen molar-refractivity contribution in [1.29, 1.82) is 0 Å². The number of nitrogens with zero attached hydrogens (tertiary/aromatic N) is 3. The summed E-state index contributed by atoms with van der Waals surface area (Å²) in [5.41, 5.74) is 2.02. The maximum Gasteiger partial charge on any atom is 0.191 e. The van der Waals surface area contributed by atoms with Gasteiger partial charge in [0, 0.05) is 18.3 Å². The van der Waals surface area contributed by atoms with Crippen LogP contribution in [0.2, 0.25) is 0 Å². The Bertz CT molecular complexity index is 1020. The molecule has 0 bridgehead atoms. The van der Waals surface area contributed by atoms with E-state index in [0.717, 1.165) is 35.4 Å². The molecule has 5 nitrogen and oxygen atoms in total. The highest BCUT2D eigenvalue weighted by atomic mass is 32.1. The van der Waals surface area contributed by atoms with Crippen molar-refractivity contribution in [3.8, 4) is 11.5 Å². The van der Waals surface area contributed by atoms with Crippen molar-refractivity contribution in [3.63, 3.8) is 0 Å². The quantitative estimate of drug-likeness (QED) is 0.487. The lowest BCUT2D eigenvalue weighted by Crippen LogP contribution is -2.06. The molecule has 0 radical (unpaired) electrons. The summed E-state index contributed by atoms with van der Waals surface area (Å²) in [6.45, 7) is 4.76. The van der Waals surface area contributed by atoms with Gasteiger partial charge in [-0.15, -0.1) is 11.3 Å². The maximum atomic E-state index is 5.32. The van der Waals surface area contributed by atoms with Crippen molar-refractivity contribution in [2.75, 3.05) is 11.9 Å². The predicted molar refractivity (Wildman–Crippen MR) is 106 cm³/mol. The summed E-state index contributed by atoms with van der Waals surface area (Å²) in [6, 6.07) is 12.7. The second-order valence-corrected chi connectivity index (χ2v) is 7.47. The van der Waals surface area contributed by atoms with Crippen molar-refractivity contribution in [1.82, 2.24) is 15.0 Å². The molecular formula is C20H20N4OS. The van der Waals surface area contributed by atoms with Gasteiger partial charge < -0.3 is 9.73 Å². The number of aryl methyl sites for hydroxylation is 3. The number of benzene rings is 1. The van der Waals surface area contributed by atoms with Gasteiger partial charge in [0.05, 0.1) is 5.39 Å². The monoisotopic (exact) mass is 364 g/mol. The fourth-order valence-corrected chi connectivity index (χ4v) is 3.78. The largest absolute Gasteiger partial charge is 0.449 e. The van der Waals surface area contributed by atoms with Crippen LogP contribution in [0.3, 0.4) is 0 Å². The second-order valence-electron chi connectivity index (χ2n) is 6.24. The molecule has 3 heterocycles. The first-order valence-electron chi connectivity index (χ1n) is 8.67. The molecule has 0 saturated heterocycles. The minimum absolute atomic E-state index is 0.599. The van der Waals surface area contributed by atoms with Crippen molar-refractivity contribution < 1.29 is 4.42 Å². The summed E-state index contributed by atoms with van der Waals surface area (Å²) in [5.74, 6) is 2.08. The highest BCUT2D eigenvalue weighted by molar-refractivity contribution is 7.18. The van der Waals surface area contributed by atoms with Crippen LogP contribution in [0.4, 0.5) is 5.82 Å². The summed E-state index contributed by atoms with van der Waals surface area (Å²) < 4.78 is 5.32. The first kappa shape index (κ1) is 16.7. The number of hydrogen-bond donors (Lipinski definition) is 1. The van der Waals surface area contributed by atoms with Gasteiger partial charge in [0.1, 0.15) is 22.6 Å². The molecule has 3 aromatic heterocycles. The van der Waals surface area contributed by atoms with E-state index in [0.29, 0.717) is 17.4 Å². The van der Waals surface area contributed by atoms with Crippen LogP contribution in [0.15, 0.2) is 47.1 Å². The van der Waals surface area contributed by atoms with Crippen LogP contribution in [0.5, 0.6) is 0 Å². The molecule has 0 aliphatic rings. The van der Waals surface area contributed by atoms with E-state index in [1.54, 1.807) is 17.6 Å². The minimum atomic E-state index is 0.599. The third-order valence-electron chi connectivity index (χ3n) is 4.14. The lowest BCUT2D eigenvalue weighted by Gasteiger charge is -2.08. The molecule has 0 spiro atoms. The number of rotatable bonds is 6. The molecule has 132 valence electrons. The Labute approximate surface area is 156 Å². The molecule has 0 unspecified atom stereocenters. The number of aromatic nitrogens is 3. The number of hydrogen-bond acceptors (Lipinski definition) is 6. The van der Waals surface area contributed by atoms with Crippen molar-refractivity contribution in [2.45, 2.75) is 26.7 Å². The molecule has 1 N–H and O–H groups in total. The molecule has 0 aliphatic carbocycles. The van der Waals surface area contributed by atoms with Gasteiger partial charge in [-0.1, -0.05) is 30.3 Å². The highest BCUT2D eigenvalue weighted by Crippen LogP contribution is 2.30. The maximum absolute atomic E-state index is 5.32. The van der Waals surface area contributed by atoms with Gasteiger partial charge in [-0.3, -0.25) is 0 Å². The molecule has 1 aromatic carbocycles. The van der Waals surface area contributed by atoms with Gasteiger partial charge in [-0.2, -0.15) is 0 Å². The molecule has 0 saturated carbocycles. The van der Waals surface area contributed by atoms with Crippen LogP contribution in [0, 0.1) is 13.8 Å². The second kappa shape index (κ2) is 7.25. The highest BCUT2D eigenvalue weighted by Gasteiger charge is 2.14. The van der Waals surface area contributed by atoms with Crippen molar-refractivity contribution >= 4 is 27.4 Å². The van der Waals surface area contributed by atoms with E-state index in [4.69, 9.17) is 9.40 Å². The average molecular weight is 364 g/mol. The molecule has 4 aromatic rings. The lowest BCUT2D eigenvalue weighted by atomic mass is 10.1. The lowest BCUT2D eigenvalue weighted by molar-refractivity contribution is 0.521. The Morgan fingerprint density at radius 3 is 2.69 bits per heavy atom. The van der Waals surface area contributed by atoms with Crippen LogP contribution in [0.1, 0.15) is 22.8 Å². The van der Waals surface area contributed by atoms with Gasteiger partial charge in [-0.05, 0) is 31.4 Å². The number of thiophene rings is 1. The normalized spacial score (nSPS) is 11.2. The van der Waals surface area contributed by atoms with E-state index < -0.39 is 0 Å². The molecule has 0 amide bonds. The van der Waals surface area contributed by atoms with Crippen LogP contribution in [-0.4, -0.2) is 21.5 Å². The third kappa shape index (κ3) is 3.60. The molecule has 0 aliphatic heterocycles. The fourth-order valence-electron chi connectivity index (χ4n) is 2.90.